The number of aliphatic imine (C=N–C) groups is 1. The second kappa shape index (κ2) is 13.1. The highest BCUT2D eigenvalue weighted by Gasteiger charge is 2.46. The van der Waals surface area contributed by atoms with Gasteiger partial charge in [-0.05, 0) is 74.3 Å². The highest BCUT2D eigenvalue weighted by molar-refractivity contribution is 6.12. The smallest absolute Gasteiger partial charge is 0.184 e. The lowest BCUT2D eigenvalue weighted by atomic mass is 9.67. The first-order valence-corrected chi connectivity index (χ1v) is 19.4. The Labute approximate surface area is 326 Å². The summed E-state index contributed by atoms with van der Waals surface area (Å²) in [4.78, 5) is 5.49. The fourth-order valence-electron chi connectivity index (χ4n) is 9.29. The molecule has 2 atom stereocenters. The van der Waals surface area contributed by atoms with E-state index in [1.807, 2.05) is 0 Å². The molecule has 1 aromatic heterocycles. The van der Waals surface area contributed by atoms with Crippen molar-refractivity contribution >= 4 is 27.6 Å². The van der Waals surface area contributed by atoms with E-state index in [9.17, 15) is 0 Å². The van der Waals surface area contributed by atoms with Crippen molar-refractivity contribution in [3.05, 3.63) is 240 Å². The minimum atomic E-state index is -0.522. The summed E-state index contributed by atoms with van der Waals surface area (Å²) < 4.78 is 2.43. The first kappa shape index (κ1) is 32.4. The van der Waals surface area contributed by atoms with Crippen LogP contribution in [0.1, 0.15) is 45.8 Å². The van der Waals surface area contributed by atoms with Crippen molar-refractivity contribution in [2.24, 2.45) is 4.99 Å². The largest absolute Gasteiger partial charge is 0.350 e. The maximum atomic E-state index is 5.49. The van der Waals surface area contributed by atoms with E-state index in [0.717, 1.165) is 28.0 Å². The molecule has 0 radical (unpaired) electrons. The van der Waals surface area contributed by atoms with Crippen LogP contribution < -0.4 is 10.6 Å². The Balaban J connectivity index is 1.24. The van der Waals surface area contributed by atoms with E-state index in [1.165, 1.54) is 55.3 Å². The number of hydrogen-bond donors (Lipinski definition) is 2. The van der Waals surface area contributed by atoms with Crippen molar-refractivity contribution in [2.75, 3.05) is 0 Å². The molecule has 4 nitrogen and oxygen atoms in total. The summed E-state index contributed by atoms with van der Waals surface area (Å²) in [5, 5.41) is 10.1. The third kappa shape index (κ3) is 5.00. The molecule has 2 N–H and O–H groups in total. The van der Waals surface area contributed by atoms with Gasteiger partial charge in [0.1, 0.15) is 12.0 Å². The normalized spacial score (nSPS) is 16.9. The molecule has 0 bridgehead atoms. The standard InChI is InChI=1S/C52H38N4/c1-6-18-35(19-7-1)38-30-31-47-43(32-38)44-33-42-41-28-16-17-29-45(41)52(39-24-12-4-13-25-39,40-26-14-5-15-27-40)46(42)34-48(44)56(47)51-54-49(36-20-8-2-9-21-36)53-50(55-51)37-22-10-3-11-23-37/h1-34,49,51,54H,(H,53,55). The van der Waals surface area contributed by atoms with Gasteiger partial charge in [0.05, 0.1) is 16.4 Å². The third-order valence-electron chi connectivity index (χ3n) is 11.8. The van der Waals surface area contributed by atoms with Gasteiger partial charge in [-0.1, -0.05) is 182 Å². The van der Waals surface area contributed by atoms with Gasteiger partial charge in [-0.25, -0.2) is 4.99 Å². The van der Waals surface area contributed by atoms with Gasteiger partial charge in [-0.3, -0.25) is 5.32 Å². The average Bonchev–Trinajstić information content (AvgIpc) is 3.76. The summed E-state index contributed by atoms with van der Waals surface area (Å²) in [6.45, 7) is 0. The van der Waals surface area contributed by atoms with Gasteiger partial charge >= 0.3 is 0 Å². The van der Waals surface area contributed by atoms with Gasteiger partial charge in [0.25, 0.3) is 0 Å². The minimum absolute atomic E-state index is 0.170. The van der Waals surface area contributed by atoms with E-state index >= 15 is 0 Å². The lowest BCUT2D eigenvalue weighted by Gasteiger charge is -2.34. The zero-order valence-corrected chi connectivity index (χ0v) is 30.7. The molecule has 1 aliphatic heterocycles. The third-order valence-corrected chi connectivity index (χ3v) is 11.8. The molecule has 0 saturated carbocycles. The second-order valence-corrected chi connectivity index (χ2v) is 14.8. The van der Waals surface area contributed by atoms with Gasteiger partial charge in [0, 0.05) is 16.3 Å². The van der Waals surface area contributed by atoms with Crippen LogP contribution in [0.25, 0.3) is 44.1 Å². The van der Waals surface area contributed by atoms with Crippen LogP contribution in [0.2, 0.25) is 0 Å². The molecule has 0 spiro atoms. The number of aromatic nitrogens is 1. The first-order valence-electron chi connectivity index (χ1n) is 19.4. The number of nitrogens with one attached hydrogen (secondary N) is 2. The highest BCUT2D eigenvalue weighted by atomic mass is 15.4. The monoisotopic (exact) mass is 718 g/mol. The van der Waals surface area contributed by atoms with Crippen LogP contribution >= 0.6 is 0 Å². The van der Waals surface area contributed by atoms with Gasteiger partial charge < -0.3 is 9.88 Å². The lowest BCUT2D eigenvalue weighted by Crippen LogP contribution is -2.46. The summed E-state index contributed by atoms with van der Waals surface area (Å²) in [6.07, 6.45) is -0.583. The SMILES string of the molecule is c1ccc(C2=NC(n3c4ccc(-c5ccccc5)cc4c4cc5c(cc43)C(c3ccccc3)(c3ccccc3)c3ccccc3-5)NC(c3ccccc3)N2)cc1. The molecule has 2 aliphatic rings. The molecule has 9 aromatic rings. The number of amidine groups is 1. The predicted octanol–water partition coefficient (Wildman–Crippen LogP) is 11.6. The van der Waals surface area contributed by atoms with Crippen molar-refractivity contribution in [3.8, 4) is 22.3 Å². The summed E-state index contributed by atoms with van der Waals surface area (Å²) in [7, 11) is 0. The van der Waals surface area contributed by atoms with Crippen LogP contribution in [0.3, 0.4) is 0 Å². The predicted molar refractivity (Wildman–Crippen MR) is 230 cm³/mol. The van der Waals surface area contributed by atoms with Crippen LogP contribution in [0.15, 0.2) is 211 Å². The molecule has 266 valence electrons. The van der Waals surface area contributed by atoms with E-state index in [-0.39, 0.29) is 6.17 Å². The van der Waals surface area contributed by atoms with Crippen molar-refractivity contribution in [3.63, 3.8) is 0 Å². The van der Waals surface area contributed by atoms with E-state index in [0.29, 0.717) is 0 Å². The number of benzene rings is 8. The Morgan fingerprint density at radius 2 is 1.02 bits per heavy atom. The van der Waals surface area contributed by atoms with Gasteiger partial charge in [-0.2, -0.15) is 0 Å². The molecule has 4 heteroatoms. The molecule has 1 aliphatic carbocycles. The van der Waals surface area contributed by atoms with E-state index < -0.39 is 11.7 Å². The van der Waals surface area contributed by atoms with E-state index in [4.69, 9.17) is 4.99 Å². The lowest BCUT2D eigenvalue weighted by molar-refractivity contribution is 0.341. The number of rotatable bonds is 6. The molecule has 0 amide bonds. The Morgan fingerprint density at radius 3 is 1.70 bits per heavy atom. The zero-order chi connectivity index (χ0) is 37.1. The minimum Gasteiger partial charge on any atom is -0.350 e. The van der Waals surface area contributed by atoms with Crippen LogP contribution in [-0.4, -0.2) is 10.4 Å². The van der Waals surface area contributed by atoms with Gasteiger partial charge in [-0.15, -0.1) is 0 Å². The Kier molecular flexibility index (Phi) is 7.58. The topological polar surface area (TPSA) is 41.4 Å². The Morgan fingerprint density at radius 1 is 0.446 bits per heavy atom. The molecule has 8 aromatic carbocycles. The van der Waals surface area contributed by atoms with Gasteiger partial charge in [0.2, 0.25) is 0 Å². The fraction of sp³-hybridized carbons (Fsp3) is 0.0577. The highest BCUT2D eigenvalue weighted by Crippen LogP contribution is 2.57. The molecule has 0 saturated heterocycles. The summed E-state index contributed by atoms with van der Waals surface area (Å²) in [6, 6.07) is 74.7. The number of hydrogen-bond acceptors (Lipinski definition) is 3. The van der Waals surface area contributed by atoms with Crippen LogP contribution in [-0.2, 0) is 5.41 Å². The second-order valence-electron chi connectivity index (χ2n) is 14.8. The fourth-order valence-corrected chi connectivity index (χ4v) is 9.29. The number of nitrogens with zero attached hydrogens (tertiary/aromatic N) is 2. The van der Waals surface area contributed by atoms with Crippen molar-refractivity contribution in [2.45, 2.75) is 17.9 Å². The molecular formula is C52H38N4. The molecule has 11 rings (SSSR count). The van der Waals surface area contributed by atoms with Crippen LogP contribution in [0.4, 0.5) is 0 Å². The van der Waals surface area contributed by atoms with Crippen LogP contribution in [0, 0.1) is 0 Å². The molecular weight excluding hydrogens is 681 g/mol. The molecule has 2 unspecified atom stereocenters. The maximum absolute atomic E-state index is 5.49. The van der Waals surface area contributed by atoms with E-state index in [1.54, 1.807) is 0 Å². The summed E-state index contributed by atoms with van der Waals surface area (Å²) in [5.74, 6) is 0.857. The Bertz CT molecular complexity index is 2860. The zero-order valence-electron chi connectivity index (χ0n) is 30.7. The molecule has 56 heavy (non-hydrogen) atoms. The summed E-state index contributed by atoms with van der Waals surface area (Å²) >= 11 is 0. The average molecular weight is 719 g/mol. The quantitative estimate of drug-likeness (QED) is 0.180. The summed E-state index contributed by atoms with van der Waals surface area (Å²) in [5.41, 5.74) is 13.9. The molecule has 2 heterocycles. The first-order chi connectivity index (χ1) is 27.8. The van der Waals surface area contributed by atoms with Crippen molar-refractivity contribution in [1.82, 2.24) is 15.2 Å². The Hall–Kier alpha value is -7.01. The number of fused-ring (bicyclic) bond motifs is 6. The van der Waals surface area contributed by atoms with Crippen molar-refractivity contribution < 1.29 is 0 Å². The molecule has 0 fully saturated rings. The van der Waals surface area contributed by atoms with E-state index in [2.05, 4.69) is 221 Å². The van der Waals surface area contributed by atoms with Crippen molar-refractivity contribution in [1.29, 1.82) is 0 Å². The maximum Gasteiger partial charge on any atom is 0.184 e. The van der Waals surface area contributed by atoms with Gasteiger partial charge in [0.15, 0.2) is 6.29 Å². The van der Waals surface area contributed by atoms with Crippen LogP contribution in [0.5, 0.6) is 0 Å².